The van der Waals surface area contributed by atoms with Crippen LogP contribution in [0.1, 0.15) is 35.2 Å². The third-order valence-electron chi connectivity index (χ3n) is 4.07. The number of carbonyl (C=O) groups is 2. The van der Waals surface area contributed by atoms with Gasteiger partial charge in [-0.2, -0.15) is 0 Å². The van der Waals surface area contributed by atoms with E-state index in [2.05, 4.69) is 5.32 Å². The van der Waals surface area contributed by atoms with Crippen LogP contribution in [0.5, 0.6) is 0 Å². The van der Waals surface area contributed by atoms with Crippen LogP contribution >= 0.6 is 12.4 Å². The number of benzene rings is 1. The first-order valence-electron chi connectivity index (χ1n) is 6.94. The summed E-state index contributed by atoms with van der Waals surface area (Å²) in [5, 5.41) is 2.87. The largest absolute Gasteiger partial charge is 0.366 e. The van der Waals surface area contributed by atoms with Crippen molar-refractivity contribution < 1.29 is 9.59 Å². The molecule has 1 saturated carbocycles. The first-order chi connectivity index (χ1) is 9.52. The van der Waals surface area contributed by atoms with Crippen molar-refractivity contribution in [1.82, 2.24) is 0 Å². The molecular weight excluding hydrogens is 290 g/mol. The number of nitrogens with one attached hydrogen (secondary N) is 1. The van der Waals surface area contributed by atoms with Gasteiger partial charge in [0.05, 0.1) is 0 Å². The van der Waals surface area contributed by atoms with Crippen molar-refractivity contribution in [3.63, 3.8) is 0 Å². The maximum atomic E-state index is 12.3. The molecule has 21 heavy (non-hydrogen) atoms. The molecule has 2 atom stereocenters. The molecular formula is C15H22ClN3O2. The van der Waals surface area contributed by atoms with Gasteiger partial charge >= 0.3 is 0 Å². The predicted molar refractivity (Wildman–Crippen MR) is 85.5 cm³/mol. The summed E-state index contributed by atoms with van der Waals surface area (Å²) >= 11 is 0. The number of primary amides is 1. The van der Waals surface area contributed by atoms with Gasteiger partial charge in [0.15, 0.2) is 0 Å². The average Bonchev–Trinajstić information content (AvgIpc) is 2.89. The Bertz CT molecular complexity index is 534. The SMILES string of the molecule is Cc1ccc(NC(=O)[C@@H]2CCC[C@@H]2CN)cc1C(N)=O.Cl. The van der Waals surface area contributed by atoms with Gasteiger partial charge in [-0.15, -0.1) is 12.4 Å². The standard InChI is InChI=1S/C15H21N3O2.ClH/c1-9-5-6-11(7-13(9)14(17)19)18-15(20)12-4-2-3-10(12)8-16;/h5-7,10,12H,2-4,8,16H2,1H3,(H2,17,19)(H,18,20);1H/t10-,12-;/m1./s1. The summed E-state index contributed by atoms with van der Waals surface area (Å²) in [6.07, 6.45) is 2.93. The Hall–Kier alpha value is -1.59. The molecule has 0 aromatic heterocycles. The molecule has 0 aliphatic heterocycles. The Kier molecular flexibility index (Phi) is 6.18. The monoisotopic (exact) mass is 311 g/mol. The van der Waals surface area contributed by atoms with Crippen molar-refractivity contribution in [1.29, 1.82) is 0 Å². The quantitative estimate of drug-likeness (QED) is 0.791. The maximum Gasteiger partial charge on any atom is 0.249 e. The van der Waals surface area contributed by atoms with Crippen LogP contribution in [-0.4, -0.2) is 18.4 Å². The molecule has 1 fully saturated rings. The summed E-state index contributed by atoms with van der Waals surface area (Å²) in [7, 11) is 0. The van der Waals surface area contributed by atoms with Gasteiger partial charge in [0, 0.05) is 17.2 Å². The summed E-state index contributed by atoms with van der Waals surface area (Å²) in [5.74, 6) is -0.272. The van der Waals surface area contributed by atoms with E-state index in [1.165, 1.54) is 0 Å². The molecule has 1 aliphatic carbocycles. The van der Waals surface area contributed by atoms with Crippen LogP contribution in [0.25, 0.3) is 0 Å². The summed E-state index contributed by atoms with van der Waals surface area (Å²) in [6.45, 7) is 2.35. The summed E-state index contributed by atoms with van der Waals surface area (Å²) in [4.78, 5) is 23.6. The zero-order valence-electron chi connectivity index (χ0n) is 12.1. The number of hydrogen-bond donors (Lipinski definition) is 3. The average molecular weight is 312 g/mol. The Morgan fingerprint density at radius 2 is 2.05 bits per heavy atom. The number of anilines is 1. The number of aryl methyl sites for hydroxylation is 1. The molecule has 1 aromatic rings. The van der Waals surface area contributed by atoms with E-state index in [4.69, 9.17) is 11.5 Å². The predicted octanol–water partition coefficient (Wildman–Crippen LogP) is 1.83. The smallest absolute Gasteiger partial charge is 0.249 e. The van der Waals surface area contributed by atoms with Crippen LogP contribution in [-0.2, 0) is 4.79 Å². The van der Waals surface area contributed by atoms with Gasteiger partial charge < -0.3 is 16.8 Å². The molecule has 5 nitrogen and oxygen atoms in total. The van der Waals surface area contributed by atoms with Gasteiger partial charge in [0.2, 0.25) is 11.8 Å². The minimum atomic E-state index is -0.487. The van der Waals surface area contributed by atoms with E-state index in [9.17, 15) is 9.59 Å². The van der Waals surface area contributed by atoms with Crippen molar-refractivity contribution >= 4 is 29.9 Å². The molecule has 0 spiro atoms. The van der Waals surface area contributed by atoms with Crippen LogP contribution in [0.3, 0.4) is 0 Å². The molecule has 5 N–H and O–H groups in total. The van der Waals surface area contributed by atoms with E-state index in [1.807, 2.05) is 6.92 Å². The van der Waals surface area contributed by atoms with Gasteiger partial charge in [-0.3, -0.25) is 9.59 Å². The van der Waals surface area contributed by atoms with Gasteiger partial charge in [-0.25, -0.2) is 0 Å². The molecule has 2 rings (SSSR count). The van der Waals surface area contributed by atoms with Crippen LogP contribution < -0.4 is 16.8 Å². The number of carbonyl (C=O) groups excluding carboxylic acids is 2. The highest BCUT2D eigenvalue weighted by molar-refractivity contribution is 5.98. The lowest BCUT2D eigenvalue weighted by atomic mass is 9.95. The minimum absolute atomic E-state index is 0. The zero-order valence-corrected chi connectivity index (χ0v) is 12.9. The summed E-state index contributed by atoms with van der Waals surface area (Å²) < 4.78 is 0. The van der Waals surface area contributed by atoms with E-state index in [0.717, 1.165) is 24.8 Å². The highest BCUT2D eigenvalue weighted by atomic mass is 35.5. The number of nitrogens with two attached hydrogens (primary N) is 2. The lowest BCUT2D eigenvalue weighted by molar-refractivity contribution is -0.120. The van der Waals surface area contributed by atoms with E-state index < -0.39 is 5.91 Å². The molecule has 1 aliphatic rings. The van der Waals surface area contributed by atoms with Crippen LogP contribution in [0, 0.1) is 18.8 Å². The Morgan fingerprint density at radius 3 is 2.67 bits per heavy atom. The fraction of sp³-hybridized carbons (Fsp3) is 0.467. The first-order valence-corrected chi connectivity index (χ1v) is 6.94. The number of halogens is 1. The lowest BCUT2D eigenvalue weighted by Gasteiger charge is -2.17. The summed E-state index contributed by atoms with van der Waals surface area (Å²) in [6, 6.07) is 5.19. The second kappa shape index (κ2) is 7.43. The van der Waals surface area contributed by atoms with Crippen molar-refractivity contribution in [3.05, 3.63) is 29.3 Å². The molecule has 1 aromatic carbocycles. The van der Waals surface area contributed by atoms with E-state index in [-0.39, 0.29) is 30.2 Å². The van der Waals surface area contributed by atoms with Crippen molar-refractivity contribution in [2.24, 2.45) is 23.3 Å². The van der Waals surface area contributed by atoms with Crippen molar-refractivity contribution in [3.8, 4) is 0 Å². The maximum absolute atomic E-state index is 12.3. The van der Waals surface area contributed by atoms with Crippen molar-refractivity contribution in [2.75, 3.05) is 11.9 Å². The lowest BCUT2D eigenvalue weighted by Crippen LogP contribution is -2.29. The third kappa shape index (κ3) is 3.95. The van der Waals surface area contributed by atoms with Gasteiger partial charge in [0.1, 0.15) is 0 Å². The van der Waals surface area contributed by atoms with E-state index >= 15 is 0 Å². The molecule has 0 heterocycles. The second-order valence-electron chi connectivity index (χ2n) is 5.42. The normalized spacial score (nSPS) is 20.7. The minimum Gasteiger partial charge on any atom is -0.366 e. The number of rotatable bonds is 4. The zero-order chi connectivity index (χ0) is 14.7. The van der Waals surface area contributed by atoms with Gasteiger partial charge in [0.25, 0.3) is 0 Å². The topological polar surface area (TPSA) is 98.2 Å². The molecule has 0 saturated heterocycles. The highest BCUT2D eigenvalue weighted by Crippen LogP contribution is 2.32. The Morgan fingerprint density at radius 1 is 1.33 bits per heavy atom. The third-order valence-corrected chi connectivity index (χ3v) is 4.07. The molecule has 0 unspecified atom stereocenters. The number of hydrogen-bond acceptors (Lipinski definition) is 3. The van der Waals surface area contributed by atoms with Gasteiger partial charge in [-0.05, 0) is 49.9 Å². The Balaban J connectivity index is 0.00000220. The summed E-state index contributed by atoms with van der Waals surface area (Å²) in [5.41, 5.74) is 12.9. The molecule has 0 bridgehead atoms. The molecule has 6 heteroatoms. The molecule has 116 valence electrons. The first kappa shape index (κ1) is 17.5. The van der Waals surface area contributed by atoms with E-state index in [0.29, 0.717) is 17.8 Å². The fourth-order valence-electron chi connectivity index (χ4n) is 2.86. The Labute approximate surface area is 130 Å². The number of amides is 2. The van der Waals surface area contributed by atoms with Gasteiger partial charge in [-0.1, -0.05) is 12.5 Å². The van der Waals surface area contributed by atoms with E-state index in [1.54, 1.807) is 18.2 Å². The van der Waals surface area contributed by atoms with Crippen LogP contribution in [0.2, 0.25) is 0 Å². The molecule has 0 radical (unpaired) electrons. The van der Waals surface area contributed by atoms with Crippen molar-refractivity contribution in [2.45, 2.75) is 26.2 Å². The van der Waals surface area contributed by atoms with Crippen LogP contribution in [0.4, 0.5) is 5.69 Å². The second-order valence-corrected chi connectivity index (χ2v) is 5.42. The molecule has 2 amide bonds. The highest BCUT2D eigenvalue weighted by Gasteiger charge is 2.31. The van der Waals surface area contributed by atoms with Crippen LogP contribution in [0.15, 0.2) is 18.2 Å². The fourth-order valence-corrected chi connectivity index (χ4v) is 2.86.